The zero-order chi connectivity index (χ0) is 21.4. The van der Waals surface area contributed by atoms with Gasteiger partial charge in [-0.25, -0.2) is 13.4 Å². The van der Waals surface area contributed by atoms with Gasteiger partial charge in [-0.05, 0) is 59.6 Å². The predicted octanol–water partition coefficient (Wildman–Crippen LogP) is 4.06. The van der Waals surface area contributed by atoms with Gasteiger partial charge in [0.1, 0.15) is 5.75 Å². The van der Waals surface area contributed by atoms with Crippen molar-refractivity contribution in [2.45, 2.75) is 72.3 Å². The molecule has 0 saturated heterocycles. The molecule has 1 atom stereocenters. The Morgan fingerprint density at radius 3 is 2.41 bits per heavy atom. The summed E-state index contributed by atoms with van der Waals surface area (Å²) in [5, 5.41) is 6.28. The van der Waals surface area contributed by atoms with Crippen molar-refractivity contribution in [1.82, 2.24) is 10.6 Å². The summed E-state index contributed by atoms with van der Waals surface area (Å²) >= 11 is 0. The summed E-state index contributed by atoms with van der Waals surface area (Å²) in [6.07, 6.45) is 1.07. The highest BCUT2D eigenvalue weighted by Crippen LogP contribution is 2.23. The molecule has 1 aromatic carbocycles. The summed E-state index contributed by atoms with van der Waals surface area (Å²) in [5.74, 6) is 1.51. The van der Waals surface area contributed by atoms with Crippen LogP contribution in [0.2, 0.25) is 0 Å². The molecule has 0 spiro atoms. The van der Waals surface area contributed by atoms with Crippen LogP contribution in [0.4, 0.5) is 0 Å². The minimum Gasteiger partial charge on any atom is -0.490 e. The SMILES string of the molecule is CCNC(=NCc1ccc(C)cc1OC(C)CC)NCCS(=O)(=O)C(C)(C)C.I. The zero-order valence-electron chi connectivity index (χ0n) is 18.8. The molecule has 0 amide bonds. The van der Waals surface area contributed by atoms with Gasteiger partial charge in [0.15, 0.2) is 15.8 Å². The van der Waals surface area contributed by atoms with Crippen LogP contribution >= 0.6 is 24.0 Å². The number of ether oxygens (including phenoxy) is 1. The Morgan fingerprint density at radius 1 is 1.21 bits per heavy atom. The maximum absolute atomic E-state index is 12.3. The Hall–Kier alpha value is -1.03. The van der Waals surface area contributed by atoms with Crippen LogP contribution in [0.5, 0.6) is 5.75 Å². The lowest BCUT2D eigenvalue weighted by Crippen LogP contribution is -2.41. The topological polar surface area (TPSA) is 79.8 Å². The molecule has 6 nitrogen and oxygen atoms in total. The molecular formula is C21H38IN3O3S. The summed E-state index contributed by atoms with van der Waals surface area (Å²) in [5.41, 5.74) is 2.15. The molecule has 0 bridgehead atoms. The number of benzene rings is 1. The summed E-state index contributed by atoms with van der Waals surface area (Å²) in [6.45, 7) is 14.8. The summed E-state index contributed by atoms with van der Waals surface area (Å²) in [7, 11) is -3.17. The van der Waals surface area contributed by atoms with Crippen LogP contribution in [0.25, 0.3) is 0 Å². The Bertz CT molecular complexity index is 759. The second-order valence-corrected chi connectivity index (χ2v) is 10.9. The van der Waals surface area contributed by atoms with E-state index in [9.17, 15) is 8.42 Å². The van der Waals surface area contributed by atoms with E-state index in [1.165, 1.54) is 0 Å². The van der Waals surface area contributed by atoms with Crippen LogP contribution in [0.15, 0.2) is 23.2 Å². The first-order valence-corrected chi connectivity index (χ1v) is 11.7. The van der Waals surface area contributed by atoms with Crippen molar-refractivity contribution in [2.24, 2.45) is 4.99 Å². The van der Waals surface area contributed by atoms with E-state index >= 15 is 0 Å². The molecular weight excluding hydrogens is 501 g/mol. The van der Waals surface area contributed by atoms with Gasteiger partial charge in [-0.3, -0.25) is 0 Å². The lowest BCUT2D eigenvalue weighted by Gasteiger charge is -2.20. The highest BCUT2D eigenvalue weighted by atomic mass is 127. The Morgan fingerprint density at radius 2 is 1.86 bits per heavy atom. The number of aliphatic imine (C=N–C) groups is 1. The maximum Gasteiger partial charge on any atom is 0.191 e. The third kappa shape index (κ3) is 9.55. The molecule has 1 rings (SSSR count). The van der Waals surface area contributed by atoms with E-state index in [0.29, 0.717) is 25.6 Å². The first-order valence-electron chi connectivity index (χ1n) is 10.0. The number of hydrogen-bond donors (Lipinski definition) is 2. The molecule has 0 aromatic heterocycles. The fraction of sp³-hybridized carbons (Fsp3) is 0.667. The monoisotopic (exact) mass is 539 g/mol. The van der Waals surface area contributed by atoms with Crippen molar-refractivity contribution in [3.05, 3.63) is 29.3 Å². The molecule has 29 heavy (non-hydrogen) atoms. The molecule has 0 heterocycles. The van der Waals surface area contributed by atoms with Crippen LogP contribution < -0.4 is 15.4 Å². The van der Waals surface area contributed by atoms with Crippen LogP contribution in [-0.4, -0.2) is 44.1 Å². The molecule has 1 aromatic rings. The van der Waals surface area contributed by atoms with E-state index in [2.05, 4.69) is 29.5 Å². The lowest BCUT2D eigenvalue weighted by molar-refractivity contribution is 0.215. The van der Waals surface area contributed by atoms with Crippen LogP contribution in [0.3, 0.4) is 0 Å². The molecule has 0 fully saturated rings. The number of guanidine groups is 1. The number of sulfone groups is 1. The van der Waals surface area contributed by atoms with Crippen molar-refractivity contribution >= 4 is 39.8 Å². The van der Waals surface area contributed by atoms with Gasteiger partial charge < -0.3 is 15.4 Å². The third-order valence-corrected chi connectivity index (χ3v) is 7.08. The fourth-order valence-electron chi connectivity index (χ4n) is 2.32. The normalized spacial score (nSPS) is 13.4. The quantitative estimate of drug-likeness (QED) is 0.281. The van der Waals surface area contributed by atoms with Gasteiger partial charge >= 0.3 is 0 Å². The number of aryl methyl sites for hydroxylation is 1. The van der Waals surface area contributed by atoms with Crippen molar-refractivity contribution in [3.63, 3.8) is 0 Å². The maximum atomic E-state index is 12.3. The van der Waals surface area contributed by atoms with Gasteiger partial charge in [-0.15, -0.1) is 24.0 Å². The number of hydrogen-bond acceptors (Lipinski definition) is 4. The van der Waals surface area contributed by atoms with Crippen molar-refractivity contribution in [1.29, 1.82) is 0 Å². The van der Waals surface area contributed by atoms with Crippen molar-refractivity contribution in [3.8, 4) is 5.75 Å². The smallest absolute Gasteiger partial charge is 0.191 e. The molecule has 1 unspecified atom stereocenters. The van der Waals surface area contributed by atoms with E-state index in [1.807, 2.05) is 32.0 Å². The number of nitrogens with zero attached hydrogens (tertiary/aromatic N) is 1. The van der Waals surface area contributed by atoms with Gasteiger partial charge in [-0.2, -0.15) is 0 Å². The van der Waals surface area contributed by atoms with Crippen LogP contribution in [0.1, 0.15) is 59.1 Å². The second kappa shape index (κ2) is 12.6. The van der Waals surface area contributed by atoms with Crippen LogP contribution in [0, 0.1) is 6.92 Å². The lowest BCUT2D eigenvalue weighted by atomic mass is 10.1. The summed E-state index contributed by atoms with van der Waals surface area (Å²) in [6, 6.07) is 6.11. The van der Waals surface area contributed by atoms with E-state index in [-0.39, 0.29) is 35.8 Å². The molecule has 168 valence electrons. The second-order valence-electron chi connectivity index (χ2n) is 8.00. The van der Waals surface area contributed by atoms with Gasteiger partial charge in [0.25, 0.3) is 0 Å². The highest BCUT2D eigenvalue weighted by Gasteiger charge is 2.28. The highest BCUT2D eigenvalue weighted by molar-refractivity contribution is 14.0. The largest absolute Gasteiger partial charge is 0.490 e. The van der Waals surface area contributed by atoms with Crippen LogP contribution in [-0.2, 0) is 16.4 Å². The van der Waals surface area contributed by atoms with E-state index < -0.39 is 14.6 Å². The number of nitrogens with one attached hydrogen (secondary N) is 2. The average Bonchev–Trinajstić information content (AvgIpc) is 2.59. The van der Waals surface area contributed by atoms with Gasteiger partial charge in [-0.1, -0.05) is 19.1 Å². The van der Waals surface area contributed by atoms with Crippen molar-refractivity contribution in [2.75, 3.05) is 18.8 Å². The summed E-state index contributed by atoms with van der Waals surface area (Å²) in [4.78, 5) is 4.61. The van der Waals surface area contributed by atoms with Gasteiger partial charge in [0.2, 0.25) is 0 Å². The van der Waals surface area contributed by atoms with Gasteiger partial charge in [0.05, 0.1) is 23.1 Å². The first kappa shape index (κ1) is 28.0. The fourth-order valence-corrected chi connectivity index (χ4v) is 3.30. The minimum absolute atomic E-state index is 0. The average molecular weight is 540 g/mol. The standard InChI is InChI=1S/C21H37N3O3S.HI/c1-8-17(4)27-19-14-16(3)10-11-18(19)15-24-20(22-9-2)23-12-13-28(25,26)21(5,6)7;/h10-11,14,17H,8-9,12-13,15H2,1-7H3,(H2,22,23,24);1H. The molecule has 0 aliphatic carbocycles. The van der Waals surface area contributed by atoms with Crippen molar-refractivity contribution < 1.29 is 13.2 Å². The Labute approximate surface area is 194 Å². The minimum atomic E-state index is -3.17. The Balaban J connectivity index is 0.00000784. The van der Waals surface area contributed by atoms with E-state index in [1.54, 1.807) is 20.8 Å². The first-order chi connectivity index (χ1) is 13.0. The summed E-state index contributed by atoms with van der Waals surface area (Å²) < 4.78 is 29.8. The number of rotatable bonds is 9. The predicted molar refractivity (Wildman–Crippen MR) is 133 cm³/mol. The molecule has 8 heteroatoms. The van der Waals surface area contributed by atoms with Gasteiger partial charge in [0, 0.05) is 18.7 Å². The van der Waals surface area contributed by atoms with E-state index in [0.717, 1.165) is 23.3 Å². The molecule has 2 N–H and O–H groups in total. The molecule has 0 radical (unpaired) electrons. The number of halogens is 1. The van der Waals surface area contributed by atoms with E-state index in [4.69, 9.17) is 4.74 Å². The zero-order valence-corrected chi connectivity index (χ0v) is 22.0. The molecule has 0 aliphatic rings. The Kier molecular flexibility index (Phi) is 12.2. The molecule has 0 saturated carbocycles. The third-order valence-electron chi connectivity index (χ3n) is 4.47. The molecule has 0 aliphatic heterocycles.